The fourth-order valence-corrected chi connectivity index (χ4v) is 6.44. The van der Waals surface area contributed by atoms with E-state index < -0.39 is 13.1 Å². The van der Waals surface area contributed by atoms with Gasteiger partial charge in [-0.25, -0.2) is 4.79 Å². The van der Waals surface area contributed by atoms with Gasteiger partial charge in [0.2, 0.25) is 5.91 Å². The molecular weight excluding hydrogens is 515 g/mol. The van der Waals surface area contributed by atoms with Gasteiger partial charge in [0.05, 0.1) is 30.5 Å². The Bertz CT molecular complexity index is 1010. The summed E-state index contributed by atoms with van der Waals surface area (Å²) in [6, 6.07) is 3.46. The summed E-state index contributed by atoms with van der Waals surface area (Å²) in [7, 11) is -1.23. The highest BCUT2D eigenvalue weighted by atomic mass is 35.5. The van der Waals surface area contributed by atoms with E-state index in [1.54, 1.807) is 28.8 Å². The number of benzene rings is 1. The summed E-state index contributed by atoms with van der Waals surface area (Å²) < 4.78 is 11.7. The van der Waals surface area contributed by atoms with Crippen molar-refractivity contribution in [3.63, 3.8) is 0 Å². The molecule has 10 nitrogen and oxygen atoms in total. The number of hydrogen-bond donors (Lipinski definition) is 3. The van der Waals surface area contributed by atoms with Crippen molar-refractivity contribution in [3.05, 3.63) is 23.3 Å². The summed E-state index contributed by atoms with van der Waals surface area (Å²) in [6.45, 7) is 3.35. The Hall–Kier alpha value is -1.80. The van der Waals surface area contributed by atoms with Crippen LogP contribution in [-0.4, -0.2) is 106 Å². The first-order valence-electron chi connectivity index (χ1n) is 11.4. The SMILES string of the molecule is Cl.NC1CCN(C(=O)CS[C@H]2Cc3ccc(OC4CN(C5=NCCS5)C4)c(C(=O)O)c3OB2O)C1. The molecule has 1 aromatic rings. The average Bonchev–Trinajstić information content (AvgIpc) is 3.45. The molecule has 0 radical (unpaired) electrons. The summed E-state index contributed by atoms with van der Waals surface area (Å²) in [4.78, 5) is 32.8. The molecule has 4 aliphatic heterocycles. The fraction of sp³-hybridized carbons (Fsp3) is 0.571. The van der Waals surface area contributed by atoms with Crippen LogP contribution in [0.3, 0.4) is 0 Å². The van der Waals surface area contributed by atoms with E-state index in [0.717, 1.165) is 23.9 Å². The number of thioether (sulfide) groups is 2. The second kappa shape index (κ2) is 11.1. The van der Waals surface area contributed by atoms with Gasteiger partial charge in [0, 0.05) is 24.9 Å². The van der Waals surface area contributed by atoms with Gasteiger partial charge < -0.3 is 35.1 Å². The van der Waals surface area contributed by atoms with Crippen molar-refractivity contribution in [2.45, 2.75) is 30.1 Å². The summed E-state index contributed by atoms with van der Waals surface area (Å²) in [6.07, 6.45) is 1.05. The number of carboxylic acids is 1. The molecule has 1 amide bonds. The lowest BCUT2D eigenvalue weighted by Gasteiger charge is -2.40. The highest BCUT2D eigenvalue weighted by Gasteiger charge is 2.40. The van der Waals surface area contributed by atoms with Crippen LogP contribution in [0.25, 0.3) is 0 Å². The number of ether oxygens (including phenoxy) is 1. The zero-order valence-electron chi connectivity index (χ0n) is 19.0. The van der Waals surface area contributed by atoms with Crippen LogP contribution in [0.2, 0.25) is 0 Å². The molecular formula is C21H28BClN4O6S2. The van der Waals surface area contributed by atoms with E-state index in [9.17, 15) is 19.7 Å². The number of halogens is 1. The van der Waals surface area contributed by atoms with E-state index in [2.05, 4.69) is 9.89 Å². The van der Waals surface area contributed by atoms with Gasteiger partial charge in [-0.15, -0.1) is 24.2 Å². The van der Waals surface area contributed by atoms with Crippen LogP contribution in [0.1, 0.15) is 22.3 Å². The van der Waals surface area contributed by atoms with Gasteiger partial charge in [-0.1, -0.05) is 17.8 Å². The van der Waals surface area contributed by atoms with Crippen LogP contribution in [0.15, 0.2) is 17.1 Å². The minimum atomic E-state index is -1.23. The fourth-order valence-electron chi connectivity index (χ4n) is 4.51. The van der Waals surface area contributed by atoms with Crippen molar-refractivity contribution in [1.29, 1.82) is 0 Å². The average molecular weight is 543 g/mol. The highest BCUT2D eigenvalue weighted by molar-refractivity contribution is 8.14. The number of aromatic carboxylic acids is 1. The van der Waals surface area contributed by atoms with Crippen LogP contribution >= 0.6 is 35.9 Å². The Kier molecular flexibility index (Phi) is 8.32. The largest absolute Gasteiger partial charge is 0.536 e. The monoisotopic (exact) mass is 542 g/mol. The molecule has 2 fully saturated rings. The summed E-state index contributed by atoms with van der Waals surface area (Å²) >= 11 is 3.04. The van der Waals surface area contributed by atoms with Crippen LogP contribution in [0, 0.1) is 0 Å². The van der Waals surface area contributed by atoms with Gasteiger partial charge in [-0.05, 0) is 24.5 Å². The van der Waals surface area contributed by atoms with E-state index >= 15 is 0 Å². The Balaban J connectivity index is 0.00000289. The molecule has 14 heteroatoms. The number of likely N-dealkylation sites (tertiary alicyclic amines) is 2. The number of aliphatic imine (C=N–C) groups is 1. The highest BCUT2D eigenvalue weighted by Crippen LogP contribution is 2.39. The van der Waals surface area contributed by atoms with E-state index in [0.29, 0.717) is 38.2 Å². The number of amides is 1. The maximum atomic E-state index is 12.4. The van der Waals surface area contributed by atoms with Crippen molar-refractivity contribution in [3.8, 4) is 11.5 Å². The number of carboxylic acid groups (broad SMARTS) is 1. The lowest BCUT2D eigenvalue weighted by Crippen LogP contribution is -2.55. The van der Waals surface area contributed by atoms with E-state index in [1.807, 2.05) is 0 Å². The molecule has 0 bridgehead atoms. The molecule has 4 heterocycles. The second-order valence-corrected chi connectivity index (χ2v) is 11.1. The molecule has 4 N–H and O–H groups in total. The molecule has 0 spiro atoms. The number of carbonyl (C=O) groups excluding carboxylic acids is 1. The Morgan fingerprint density at radius 1 is 1.34 bits per heavy atom. The predicted octanol–water partition coefficient (Wildman–Crippen LogP) is 0.588. The molecule has 2 saturated heterocycles. The third-order valence-corrected chi connectivity index (χ3v) is 8.65. The standard InChI is InChI=1S/C21H27BN4O6S2.ClH/c23-13-3-5-25(8-13)17(27)11-34-16-7-12-1-2-15(18(20(28)29)19(12)32-22(16)30)31-14-9-26(10-14)21-24-4-6-33-21;/h1-2,13-14,16,30H,3-11,23H2,(H,28,29);1H/t13?,16-;/m0./s1. The Labute approximate surface area is 218 Å². The maximum Gasteiger partial charge on any atom is 0.536 e. The zero-order valence-corrected chi connectivity index (χ0v) is 21.4. The second-order valence-electron chi connectivity index (χ2n) is 8.84. The van der Waals surface area contributed by atoms with Crippen LogP contribution in [-0.2, 0) is 11.2 Å². The van der Waals surface area contributed by atoms with Gasteiger partial charge in [0.15, 0.2) is 5.17 Å². The van der Waals surface area contributed by atoms with Crippen molar-refractivity contribution >= 4 is 60.1 Å². The molecule has 0 aliphatic carbocycles. The van der Waals surface area contributed by atoms with E-state index in [1.165, 1.54) is 11.8 Å². The first kappa shape index (κ1) is 26.3. The molecule has 1 aromatic carbocycles. The van der Waals surface area contributed by atoms with Gasteiger partial charge in [0.1, 0.15) is 23.2 Å². The molecule has 4 aliphatic rings. The van der Waals surface area contributed by atoms with Crippen molar-refractivity contribution < 1.29 is 29.1 Å². The normalized spacial score (nSPS) is 23.7. The van der Waals surface area contributed by atoms with Gasteiger partial charge in [0.25, 0.3) is 0 Å². The van der Waals surface area contributed by atoms with Crippen LogP contribution in [0.4, 0.5) is 0 Å². The van der Waals surface area contributed by atoms with Gasteiger partial charge in [-0.2, -0.15) is 0 Å². The van der Waals surface area contributed by atoms with Gasteiger partial charge in [-0.3, -0.25) is 9.79 Å². The first-order valence-corrected chi connectivity index (χ1v) is 13.4. The molecule has 5 rings (SSSR count). The number of fused-ring (bicyclic) bond motifs is 1. The number of nitrogens with two attached hydrogens (primary N) is 1. The summed E-state index contributed by atoms with van der Waals surface area (Å²) in [5.74, 6) is 0.390. The third-order valence-electron chi connectivity index (χ3n) is 6.37. The third kappa shape index (κ3) is 5.64. The number of amidine groups is 1. The first-order chi connectivity index (χ1) is 16.4. The Morgan fingerprint density at radius 3 is 2.80 bits per heavy atom. The molecule has 0 aromatic heterocycles. The van der Waals surface area contributed by atoms with Crippen molar-refractivity contribution in [1.82, 2.24) is 9.80 Å². The number of nitrogens with zero attached hydrogens (tertiary/aromatic N) is 3. The van der Waals surface area contributed by atoms with E-state index in [4.69, 9.17) is 15.1 Å². The molecule has 2 atom stereocenters. The topological polar surface area (TPSA) is 138 Å². The summed E-state index contributed by atoms with van der Waals surface area (Å²) in [5, 5.41) is 21.1. The number of hydrogen-bond acceptors (Lipinski definition) is 10. The number of carbonyl (C=O) groups is 2. The van der Waals surface area contributed by atoms with Gasteiger partial charge >= 0.3 is 13.1 Å². The van der Waals surface area contributed by atoms with E-state index in [-0.39, 0.29) is 58.4 Å². The lowest BCUT2D eigenvalue weighted by atomic mass is 9.77. The summed E-state index contributed by atoms with van der Waals surface area (Å²) in [5.41, 5.74) is 6.48. The van der Waals surface area contributed by atoms with Crippen molar-refractivity contribution in [2.75, 3.05) is 44.2 Å². The molecule has 0 saturated carbocycles. The quantitative estimate of drug-likeness (QED) is 0.438. The lowest BCUT2D eigenvalue weighted by molar-refractivity contribution is -0.127. The molecule has 35 heavy (non-hydrogen) atoms. The smallest absolute Gasteiger partial charge is 0.534 e. The predicted molar refractivity (Wildman–Crippen MR) is 139 cm³/mol. The number of rotatable bonds is 6. The molecule has 1 unspecified atom stereocenters. The van der Waals surface area contributed by atoms with Crippen LogP contribution < -0.4 is 15.1 Å². The van der Waals surface area contributed by atoms with Crippen molar-refractivity contribution in [2.24, 2.45) is 10.7 Å². The van der Waals surface area contributed by atoms with Crippen LogP contribution in [0.5, 0.6) is 11.5 Å². The minimum Gasteiger partial charge on any atom is -0.534 e. The molecule has 190 valence electrons. The minimum absolute atomic E-state index is 0. The Morgan fingerprint density at radius 2 is 2.14 bits per heavy atom. The maximum absolute atomic E-state index is 12.4. The zero-order chi connectivity index (χ0) is 23.8.